The fraction of sp³-hybridized carbons (Fsp3) is 0.219. The summed E-state index contributed by atoms with van der Waals surface area (Å²) in [5.41, 5.74) is 4.59. The number of carbonyl (C=O) groups excluding carboxylic acids is 1. The van der Waals surface area contributed by atoms with Gasteiger partial charge in [0.1, 0.15) is 5.82 Å². The van der Waals surface area contributed by atoms with Crippen molar-refractivity contribution in [2.45, 2.75) is 37.3 Å². The molecule has 2 aromatic heterocycles. The average molecular weight is 534 g/mol. The van der Waals surface area contributed by atoms with Gasteiger partial charge in [0.2, 0.25) is 0 Å². The number of aliphatic hydroxyl groups is 1. The minimum atomic E-state index is -1.31. The summed E-state index contributed by atoms with van der Waals surface area (Å²) in [6, 6.07) is 25.9. The predicted molar refractivity (Wildman–Crippen MR) is 153 cm³/mol. The molecule has 1 unspecified atom stereocenters. The van der Waals surface area contributed by atoms with Crippen molar-refractivity contribution in [3.05, 3.63) is 123 Å². The summed E-state index contributed by atoms with van der Waals surface area (Å²) < 4.78 is 1.19. The van der Waals surface area contributed by atoms with Crippen molar-refractivity contribution in [2.75, 3.05) is 6.54 Å². The molecule has 194 valence electrons. The molecule has 1 aliphatic carbocycles. The quantitative estimate of drug-likeness (QED) is 0.319. The smallest absolute Gasteiger partial charge is 0.256 e. The van der Waals surface area contributed by atoms with Crippen LogP contribution >= 0.6 is 11.3 Å². The van der Waals surface area contributed by atoms with Gasteiger partial charge < -0.3 is 15.0 Å². The van der Waals surface area contributed by atoms with E-state index in [9.17, 15) is 14.7 Å². The van der Waals surface area contributed by atoms with E-state index in [0.717, 1.165) is 40.9 Å². The molecule has 3 heterocycles. The first-order valence-corrected chi connectivity index (χ1v) is 14.1. The van der Waals surface area contributed by atoms with E-state index in [1.165, 1.54) is 10.3 Å². The van der Waals surface area contributed by atoms with Crippen LogP contribution in [0.4, 0.5) is 0 Å². The molecule has 39 heavy (non-hydrogen) atoms. The normalized spacial score (nSPS) is 16.6. The Bertz CT molecular complexity index is 1770. The molecule has 2 N–H and O–H groups in total. The van der Waals surface area contributed by atoms with Crippen molar-refractivity contribution < 1.29 is 9.90 Å². The Kier molecular flexibility index (Phi) is 5.72. The van der Waals surface area contributed by atoms with Crippen LogP contribution in [-0.4, -0.2) is 32.4 Å². The molecule has 1 aliphatic heterocycles. The first-order valence-electron chi connectivity index (χ1n) is 13.2. The van der Waals surface area contributed by atoms with Crippen molar-refractivity contribution in [1.29, 1.82) is 0 Å². The van der Waals surface area contributed by atoms with Crippen LogP contribution in [-0.2, 0) is 23.2 Å². The molecule has 7 heteroatoms. The summed E-state index contributed by atoms with van der Waals surface area (Å²) in [7, 11) is 0. The van der Waals surface area contributed by atoms with Gasteiger partial charge in [-0.1, -0.05) is 66.7 Å². The van der Waals surface area contributed by atoms with E-state index in [4.69, 9.17) is 4.98 Å². The lowest BCUT2D eigenvalue weighted by Crippen LogP contribution is -2.42. The van der Waals surface area contributed by atoms with E-state index in [2.05, 4.69) is 34.6 Å². The van der Waals surface area contributed by atoms with Crippen LogP contribution in [0.2, 0.25) is 0 Å². The zero-order valence-corrected chi connectivity index (χ0v) is 22.1. The Labute approximate surface area is 229 Å². The SMILES string of the molecule is O=C(C(O)c1cccc(-c2csc3ccccc23)c1)N1CCc2nc(C3(c4ccccc4)CC3)[nH]c(=O)c2C1. The molecular formula is C32H27N3O3S. The Hall–Kier alpha value is -4.07. The molecule has 0 spiro atoms. The number of hydrogen-bond acceptors (Lipinski definition) is 5. The highest BCUT2D eigenvalue weighted by Gasteiger charge is 2.48. The fourth-order valence-electron chi connectivity index (χ4n) is 5.78. The van der Waals surface area contributed by atoms with Crippen LogP contribution in [0, 0.1) is 0 Å². The first-order chi connectivity index (χ1) is 19.0. The van der Waals surface area contributed by atoms with Crippen LogP contribution in [0.3, 0.4) is 0 Å². The third kappa shape index (κ3) is 4.09. The number of carbonyl (C=O) groups is 1. The van der Waals surface area contributed by atoms with Crippen LogP contribution < -0.4 is 5.56 Å². The number of nitrogens with zero attached hydrogens (tertiary/aromatic N) is 2. The second-order valence-corrected chi connectivity index (χ2v) is 11.4. The molecule has 2 aliphatic rings. The maximum Gasteiger partial charge on any atom is 0.256 e. The van der Waals surface area contributed by atoms with Crippen molar-refractivity contribution in [1.82, 2.24) is 14.9 Å². The average Bonchev–Trinajstić information content (AvgIpc) is 3.69. The highest BCUT2D eigenvalue weighted by molar-refractivity contribution is 7.17. The fourth-order valence-corrected chi connectivity index (χ4v) is 6.75. The third-order valence-corrected chi connectivity index (χ3v) is 9.10. The second-order valence-electron chi connectivity index (χ2n) is 10.5. The van der Waals surface area contributed by atoms with E-state index < -0.39 is 12.0 Å². The van der Waals surface area contributed by atoms with Crippen LogP contribution in [0.1, 0.15) is 47.2 Å². The van der Waals surface area contributed by atoms with Gasteiger partial charge in [-0.2, -0.15) is 0 Å². The maximum atomic E-state index is 13.4. The van der Waals surface area contributed by atoms with Gasteiger partial charge >= 0.3 is 0 Å². The van der Waals surface area contributed by atoms with Gasteiger partial charge in [0.05, 0.1) is 23.2 Å². The van der Waals surface area contributed by atoms with Gasteiger partial charge in [-0.05, 0) is 47.0 Å². The largest absolute Gasteiger partial charge is 0.378 e. The monoisotopic (exact) mass is 533 g/mol. The molecule has 3 aromatic carbocycles. The van der Waals surface area contributed by atoms with Gasteiger partial charge in [0.15, 0.2) is 6.10 Å². The summed E-state index contributed by atoms with van der Waals surface area (Å²) in [6.07, 6.45) is 1.08. The molecule has 7 rings (SSSR count). The van der Waals surface area contributed by atoms with Crippen molar-refractivity contribution in [3.8, 4) is 11.1 Å². The van der Waals surface area contributed by atoms with E-state index in [1.807, 2.05) is 48.5 Å². The Morgan fingerprint density at radius 1 is 1.03 bits per heavy atom. The van der Waals surface area contributed by atoms with Crippen LogP contribution in [0.5, 0.6) is 0 Å². The molecule has 1 amide bonds. The number of aromatic amines is 1. The molecule has 0 saturated heterocycles. The summed E-state index contributed by atoms with van der Waals surface area (Å²) in [5.74, 6) is 0.314. The zero-order valence-electron chi connectivity index (χ0n) is 21.3. The molecule has 6 nitrogen and oxygen atoms in total. The number of hydrogen-bond donors (Lipinski definition) is 2. The van der Waals surface area contributed by atoms with Crippen molar-refractivity contribution >= 4 is 27.3 Å². The number of aromatic nitrogens is 2. The minimum Gasteiger partial charge on any atom is -0.378 e. The van der Waals surface area contributed by atoms with E-state index >= 15 is 0 Å². The topological polar surface area (TPSA) is 86.3 Å². The molecule has 0 bridgehead atoms. The van der Waals surface area contributed by atoms with E-state index in [0.29, 0.717) is 24.1 Å². The lowest BCUT2D eigenvalue weighted by atomic mass is 9.94. The van der Waals surface area contributed by atoms with Gasteiger partial charge in [-0.3, -0.25) is 9.59 Å². The molecule has 1 saturated carbocycles. The number of rotatable bonds is 5. The minimum absolute atomic E-state index is 0.140. The van der Waals surface area contributed by atoms with E-state index in [1.54, 1.807) is 22.3 Å². The molecule has 5 aromatic rings. The summed E-state index contributed by atoms with van der Waals surface area (Å²) >= 11 is 1.68. The Morgan fingerprint density at radius 2 is 1.82 bits per heavy atom. The zero-order chi connectivity index (χ0) is 26.6. The van der Waals surface area contributed by atoms with Crippen LogP contribution in [0.25, 0.3) is 21.2 Å². The third-order valence-electron chi connectivity index (χ3n) is 8.14. The molecule has 1 atom stereocenters. The number of fused-ring (bicyclic) bond motifs is 2. The lowest BCUT2D eigenvalue weighted by molar-refractivity contribution is -0.141. The summed E-state index contributed by atoms with van der Waals surface area (Å²) in [6.45, 7) is 0.549. The highest BCUT2D eigenvalue weighted by Crippen LogP contribution is 2.52. The van der Waals surface area contributed by atoms with Gasteiger partial charge in [0.25, 0.3) is 11.5 Å². The standard InChI is InChI=1S/C32H27N3O3S/c36-28(21-8-6-7-20(17-21)25-19-39-27-12-5-4-11-23(25)27)30(38)35-16-13-26-24(18-35)29(37)34-31(33-26)32(14-15-32)22-9-2-1-3-10-22/h1-12,17,19,28,36H,13-16,18H2,(H,33,34,37). The van der Waals surface area contributed by atoms with Gasteiger partial charge in [-0.15, -0.1) is 11.3 Å². The van der Waals surface area contributed by atoms with Crippen molar-refractivity contribution in [2.24, 2.45) is 0 Å². The van der Waals surface area contributed by atoms with Gasteiger partial charge in [-0.25, -0.2) is 4.98 Å². The maximum absolute atomic E-state index is 13.4. The number of nitrogens with one attached hydrogen (secondary N) is 1. The molecule has 0 radical (unpaired) electrons. The summed E-state index contributed by atoms with van der Waals surface area (Å²) in [4.78, 5) is 36.1. The van der Waals surface area contributed by atoms with E-state index in [-0.39, 0.29) is 17.5 Å². The van der Waals surface area contributed by atoms with Crippen molar-refractivity contribution in [3.63, 3.8) is 0 Å². The number of thiophene rings is 1. The Balaban J connectivity index is 1.13. The molecular weight excluding hydrogens is 506 g/mol. The second kappa shape index (κ2) is 9.29. The predicted octanol–water partition coefficient (Wildman–Crippen LogP) is 5.35. The number of benzene rings is 3. The van der Waals surface area contributed by atoms with Gasteiger partial charge in [0, 0.05) is 28.6 Å². The lowest BCUT2D eigenvalue weighted by Gasteiger charge is -2.30. The Morgan fingerprint density at radius 3 is 2.64 bits per heavy atom. The highest BCUT2D eigenvalue weighted by atomic mass is 32.1. The molecule has 1 fully saturated rings. The summed E-state index contributed by atoms with van der Waals surface area (Å²) in [5, 5.41) is 14.3. The first kappa shape index (κ1) is 24.0. The number of aliphatic hydroxyl groups excluding tert-OH is 1. The number of H-pyrrole nitrogens is 1. The number of amides is 1. The van der Waals surface area contributed by atoms with Crippen LogP contribution in [0.15, 0.2) is 89.0 Å².